The van der Waals surface area contributed by atoms with Gasteiger partial charge in [0.15, 0.2) is 11.5 Å². The van der Waals surface area contributed by atoms with E-state index in [0.717, 1.165) is 39.1 Å². The summed E-state index contributed by atoms with van der Waals surface area (Å²) >= 11 is 0. The molecule has 2 aromatic heterocycles. The number of fused-ring (bicyclic) bond motifs is 6. The Balaban J connectivity index is 1.36. The SMILES string of the molecule is c1ccc(-c2nc3c4ccccc4cc(-c4ccc5c(c4)C(c4ccccc4)(c4ccccc4)c4ccccc4-5)n3n2)cc1. The molecule has 2 heterocycles. The lowest BCUT2D eigenvalue weighted by Gasteiger charge is -2.34. The first-order valence-corrected chi connectivity index (χ1v) is 15.0. The smallest absolute Gasteiger partial charge is 0.182 e. The highest BCUT2D eigenvalue weighted by Gasteiger charge is 2.46. The van der Waals surface area contributed by atoms with Gasteiger partial charge in [-0.25, -0.2) is 9.50 Å². The molecule has 206 valence electrons. The molecule has 0 aliphatic heterocycles. The molecular formula is C41H27N3. The molecule has 0 amide bonds. The minimum Gasteiger partial charge on any atom is -0.212 e. The lowest BCUT2D eigenvalue weighted by molar-refractivity contribution is 0.768. The van der Waals surface area contributed by atoms with E-state index in [9.17, 15) is 0 Å². The molecule has 3 nitrogen and oxygen atoms in total. The Morgan fingerprint density at radius 2 is 1.09 bits per heavy atom. The Morgan fingerprint density at radius 1 is 0.477 bits per heavy atom. The van der Waals surface area contributed by atoms with Gasteiger partial charge in [-0.15, -0.1) is 5.10 Å². The molecule has 0 saturated carbocycles. The van der Waals surface area contributed by atoms with Crippen molar-refractivity contribution < 1.29 is 0 Å². The van der Waals surface area contributed by atoms with Gasteiger partial charge in [0.1, 0.15) is 0 Å². The van der Waals surface area contributed by atoms with Gasteiger partial charge in [-0.2, -0.15) is 0 Å². The summed E-state index contributed by atoms with van der Waals surface area (Å²) in [6.07, 6.45) is 0. The molecular weight excluding hydrogens is 534 g/mol. The van der Waals surface area contributed by atoms with Crippen molar-refractivity contribution in [3.05, 3.63) is 186 Å². The van der Waals surface area contributed by atoms with Crippen molar-refractivity contribution in [2.45, 2.75) is 5.41 Å². The van der Waals surface area contributed by atoms with Crippen LogP contribution in [0.1, 0.15) is 22.3 Å². The van der Waals surface area contributed by atoms with Crippen molar-refractivity contribution in [1.29, 1.82) is 0 Å². The van der Waals surface area contributed by atoms with Crippen molar-refractivity contribution in [3.8, 4) is 33.8 Å². The van der Waals surface area contributed by atoms with E-state index in [1.807, 2.05) is 22.7 Å². The molecule has 0 atom stereocenters. The van der Waals surface area contributed by atoms with Crippen LogP contribution in [0.25, 0.3) is 50.2 Å². The molecule has 1 aliphatic rings. The average Bonchev–Trinajstić information content (AvgIpc) is 3.68. The molecule has 1 aliphatic carbocycles. The Hall–Kier alpha value is -5.80. The number of hydrogen-bond donors (Lipinski definition) is 0. The summed E-state index contributed by atoms with van der Waals surface area (Å²) in [6, 6.07) is 58.6. The van der Waals surface area contributed by atoms with Gasteiger partial charge < -0.3 is 0 Å². The molecule has 9 rings (SSSR count). The van der Waals surface area contributed by atoms with Crippen LogP contribution in [0.2, 0.25) is 0 Å². The van der Waals surface area contributed by atoms with Crippen molar-refractivity contribution in [1.82, 2.24) is 14.6 Å². The summed E-state index contributed by atoms with van der Waals surface area (Å²) in [4.78, 5) is 5.08. The van der Waals surface area contributed by atoms with E-state index < -0.39 is 5.41 Å². The zero-order chi connectivity index (χ0) is 29.1. The number of rotatable bonds is 4. The molecule has 0 radical (unpaired) electrons. The molecule has 0 spiro atoms. The molecule has 0 fully saturated rings. The van der Waals surface area contributed by atoms with Crippen LogP contribution in [0.5, 0.6) is 0 Å². The van der Waals surface area contributed by atoms with Gasteiger partial charge >= 0.3 is 0 Å². The third kappa shape index (κ3) is 3.50. The van der Waals surface area contributed by atoms with Crippen LogP contribution >= 0.6 is 0 Å². The highest BCUT2D eigenvalue weighted by Crippen LogP contribution is 2.56. The van der Waals surface area contributed by atoms with E-state index in [1.165, 1.54) is 33.4 Å². The fourth-order valence-corrected chi connectivity index (χ4v) is 7.21. The maximum absolute atomic E-state index is 5.10. The summed E-state index contributed by atoms with van der Waals surface area (Å²) in [7, 11) is 0. The molecule has 0 bridgehead atoms. The number of hydrogen-bond acceptors (Lipinski definition) is 2. The molecule has 6 aromatic carbocycles. The maximum atomic E-state index is 5.10. The first kappa shape index (κ1) is 24.8. The quantitative estimate of drug-likeness (QED) is 0.214. The normalized spacial score (nSPS) is 13.2. The largest absolute Gasteiger partial charge is 0.212 e. The second kappa shape index (κ2) is 9.62. The minimum absolute atomic E-state index is 0.460. The summed E-state index contributed by atoms with van der Waals surface area (Å²) in [5.74, 6) is 0.722. The summed E-state index contributed by atoms with van der Waals surface area (Å²) < 4.78 is 2.03. The van der Waals surface area contributed by atoms with Crippen LogP contribution < -0.4 is 0 Å². The van der Waals surface area contributed by atoms with Gasteiger partial charge in [0.25, 0.3) is 0 Å². The van der Waals surface area contributed by atoms with Crippen LogP contribution in [0.15, 0.2) is 164 Å². The van der Waals surface area contributed by atoms with E-state index >= 15 is 0 Å². The lowest BCUT2D eigenvalue weighted by atomic mass is 9.67. The van der Waals surface area contributed by atoms with Crippen molar-refractivity contribution >= 4 is 16.4 Å². The third-order valence-corrected chi connectivity index (χ3v) is 9.12. The van der Waals surface area contributed by atoms with E-state index in [4.69, 9.17) is 10.1 Å². The van der Waals surface area contributed by atoms with Gasteiger partial charge in [-0.1, -0.05) is 152 Å². The summed E-state index contributed by atoms with van der Waals surface area (Å²) in [6.45, 7) is 0. The standard InChI is InChI=1S/C41H27N3/c1-4-14-28(15-5-1)39-42-40-33-21-11-10-16-29(33)27-38(44(40)43-39)30-24-25-35-34-22-12-13-23-36(34)41(37(35)26-30,31-17-6-2-7-18-31)32-19-8-3-9-20-32/h1-27H. The van der Waals surface area contributed by atoms with Gasteiger partial charge in [-0.05, 0) is 50.9 Å². The Morgan fingerprint density at radius 3 is 1.84 bits per heavy atom. The van der Waals surface area contributed by atoms with Gasteiger partial charge in [-0.3, -0.25) is 0 Å². The number of pyridine rings is 1. The Kier molecular flexibility index (Phi) is 5.41. The zero-order valence-electron chi connectivity index (χ0n) is 23.9. The molecule has 8 aromatic rings. The fourth-order valence-electron chi connectivity index (χ4n) is 7.21. The van der Waals surface area contributed by atoms with Gasteiger partial charge in [0.2, 0.25) is 0 Å². The van der Waals surface area contributed by atoms with E-state index in [-0.39, 0.29) is 0 Å². The van der Waals surface area contributed by atoms with Crippen LogP contribution in [0.4, 0.5) is 0 Å². The van der Waals surface area contributed by atoms with E-state index in [0.29, 0.717) is 0 Å². The Labute approximate surface area is 255 Å². The van der Waals surface area contributed by atoms with Gasteiger partial charge in [0.05, 0.1) is 11.1 Å². The molecule has 0 N–H and O–H groups in total. The van der Waals surface area contributed by atoms with Crippen LogP contribution in [0, 0.1) is 0 Å². The first-order chi connectivity index (χ1) is 21.8. The minimum atomic E-state index is -0.460. The topological polar surface area (TPSA) is 30.2 Å². The maximum Gasteiger partial charge on any atom is 0.182 e. The first-order valence-electron chi connectivity index (χ1n) is 15.0. The van der Waals surface area contributed by atoms with Crippen LogP contribution in [-0.2, 0) is 5.41 Å². The Bertz CT molecular complexity index is 2280. The lowest BCUT2D eigenvalue weighted by Crippen LogP contribution is -2.28. The number of benzene rings is 6. The summed E-state index contributed by atoms with van der Waals surface area (Å²) in [5.41, 5.74) is 11.2. The van der Waals surface area contributed by atoms with E-state index in [1.54, 1.807) is 0 Å². The highest BCUT2D eigenvalue weighted by atomic mass is 15.3. The third-order valence-electron chi connectivity index (χ3n) is 9.12. The predicted molar refractivity (Wildman–Crippen MR) is 179 cm³/mol. The van der Waals surface area contributed by atoms with Gasteiger partial charge in [0, 0.05) is 16.5 Å². The highest BCUT2D eigenvalue weighted by molar-refractivity contribution is 5.97. The van der Waals surface area contributed by atoms with E-state index in [2.05, 4.69) is 146 Å². The fraction of sp³-hybridized carbons (Fsp3) is 0.0244. The zero-order valence-corrected chi connectivity index (χ0v) is 23.9. The van der Waals surface area contributed by atoms with Crippen LogP contribution in [0.3, 0.4) is 0 Å². The molecule has 3 heteroatoms. The number of nitrogens with zero attached hydrogens (tertiary/aromatic N) is 3. The van der Waals surface area contributed by atoms with Crippen molar-refractivity contribution in [2.24, 2.45) is 0 Å². The average molecular weight is 562 g/mol. The predicted octanol–water partition coefficient (Wildman–Crippen LogP) is 9.58. The van der Waals surface area contributed by atoms with Crippen molar-refractivity contribution in [3.63, 3.8) is 0 Å². The second-order valence-corrected chi connectivity index (χ2v) is 11.4. The molecule has 0 unspecified atom stereocenters. The van der Waals surface area contributed by atoms with Crippen LogP contribution in [-0.4, -0.2) is 14.6 Å². The van der Waals surface area contributed by atoms with Crippen molar-refractivity contribution in [2.75, 3.05) is 0 Å². The monoisotopic (exact) mass is 561 g/mol. The molecule has 44 heavy (non-hydrogen) atoms. The number of aromatic nitrogens is 3. The molecule has 0 saturated heterocycles. The second-order valence-electron chi connectivity index (χ2n) is 11.4. The summed E-state index contributed by atoms with van der Waals surface area (Å²) in [5, 5.41) is 7.33.